The minimum Gasteiger partial charge on any atom is -0.496 e. The highest BCUT2D eigenvalue weighted by atomic mass is 16.5. The van der Waals surface area contributed by atoms with Gasteiger partial charge in [0.05, 0.1) is 13.7 Å². The van der Waals surface area contributed by atoms with Gasteiger partial charge in [0.25, 0.3) is 0 Å². The first-order valence-electron chi connectivity index (χ1n) is 7.66. The summed E-state index contributed by atoms with van der Waals surface area (Å²) in [7, 11) is 1.66. The third-order valence-corrected chi connectivity index (χ3v) is 4.36. The lowest BCUT2D eigenvalue weighted by atomic mass is 10.0. The van der Waals surface area contributed by atoms with E-state index < -0.39 is 0 Å². The van der Waals surface area contributed by atoms with Gasteiger partial charge < -0.3 is 10.1 Å². The highest BCUT2D eigenvalue weighted by molar-refractivity contribution is 5.96. The van der Waals surface area contributed by atoms with E-state index in [-0.39, 0.29) is 24.5 Å². The second kappa shape index (κ2) is 6.36. The van der Waals surface area contributed by atoms with Crippen LogP contribution in [0.3, 0.4) is 0 Å². The fourth-order valence-electron chi connectivity index (χ4n) is 3.28. The molecule has 2 aliphatic rings. The van der Waals surface area contributed by atoms with Crippen LogP contribution in [0.5, 0.6) is 5.75 Å². The molecule has 1 unspecified atom stereocenters. The molecule has 1 aromatic carbocycles. The molecule has 0 spiro atoms. The van der Waals surface area contributed by atoms with Gasteiger partial charge in [-0.05, 0) is 25.5 Å². The number of amides is 3. The molecule has 0 aromatic heterocycles. The maximum Gasteiger partial charge on any atom is 0.324 e. The van der Waals surface area contributed by atoms with Crippen molar-refractivity contribution in [3.8, 4) is 5.75 Å². The van der Waals surface area contributed by atoms with Gasteiger partial charge in [0.2, 0.25) is 5.91 Å². The molecule has 0 radical (unpaired) electrons. The Balaban J connectivity index is 1.73. The molecule has 2 saturated heterocycles. The van der Waals surface area contributed by atoms with Crippen molar-refractivity contribution in [1.29, 1.82) is 0 Å². The van der Waals surface area contributed by atoms with E-state index in [1.165, 1.54) is 4.90 Å². The summed E-state index contributed by atoms with van der Waals surface area (Å²) in [5.74, 6) is 0.725. The first-order valence-corrected chi connectivity index (χ1v) is 7.66. The highest BCUT2D eigenvalue weighted by Crippen LogP contribution is 2.36. The number of likely N-dealkylation sites (tertiary alicyclic amines) is 1. The summed E-state index contributed by atoms with van der Waals surface area (Å²) in [6, 6.07) is 7.82. The Hall–Kier alpha value is -2.08. The van der Waals surface area contributed by atoms with Crippen molar-refractivity contribution >= 4 is 11.9 Å². The molecular formula is C16H21N3O3. The minimum absolute atomic E-state index is 0.128. The summed E-state index contributed by atoms with van der Waals surface area (Å²) in [5.41, 5.74) is 1.11. The third kappa shape index (κ3) is 2.78. The lowest BCUT2D eigenvalue weighted by Crippen LogP contribution is -2.41. The molecule has 3 amide bonds. The van der Waals surface area contributed by atoms with Crippen LogP contribution in [0.25, 0.3) is 0 Å². The first kappa shape index (κ1) is 14.8. The van der Waals surface area contributed by atoms with Gasteiger partial charge in [-0.1, -0.05) is 18.2 Å². The number of hydrogen-bond donors (Lipinski definition) is 1. The maximum atomic E-state index is 12.3. The number of rotatable bonds is 4. The smallest absolute Gasteiger partial charge is 0.324 e. The van der Waals surface area contributed by atoms with Crippen LogP contribution in [0.1, 0.15) is 24.4 Å². The summed E-state index contributed by atoms with van der Waals surface area (Å²) >= 11 is 0. The van der Waals surface area contributed by atoms with Crippen LogP contribution in [-0.4, -0.2) is 55.0 Å². The van der Waals surface area contributed by atoms with Gasteiger partial charge in [-0.15, -0.1) is 0 Å². The van der Waals surface area contributed by atoms with Gasteiger partial charge >= 0.3 is 6.03 Å². The molecule has 22 heavy (non-hydrogen) atoms. The largest absolute Gasteiger partial charge is 0.496 e. The molecule has 6 heteroatoms. The zero-order valence-corrected chi connectivity index (χ0v) is 12.7. The molecule has 2 heterocycles. The van der Waals surface area contributed by atoms with E-state index in [0.717, 1.165) is 30.7 Å². The van der Waals surface area contributed by atoms with Gasteiger partial charge in [0.15, 0.2) is 0 Å². The second-order valence-electron chi connectivity index (χ2n) is 5.65. The number of nitrogens with one attached hydrogen (secondary N) is 1. The van der Waals surface area contributed by atoms with Gasteiger partial charge in [-0.25, -0.2) is 4.79 Å². The van der Waals surface area contributed by atoms with Crippen LogP contribution in [0.2, 0.25) is 0 Å². The Bertz CT molecular complexity index is 576. The van der Waals surface area contributed by atoms with Crippen LogP contribution >= 0.6 is 0 Å². The Morgan fingerprint density at radius 3 is 2.91 bits per heavy atom. The van der Waals surface area contributed by atoms with E-state index in [1.54, 1.807) is 7.11 Å². The molecule has 0 saturated carbocycles. The lowest BCUT2D eigenvalue weighted by Gasteiger charge is -2.26. The summed E-state index contributed by atoms with van der Waals surface area (Å²) in [6.07, 6.45) is 2.04. The number of urea groups is 1. The number of methoxy groups -OCH3 is 1. The molecule has 6 nitrogen and oxygen atoms in total. The fraction of sp³-hybridized carbons (Fsp3) is 0.500. The van der Waals surface area contributed by atoms with Gasteiger partial charge in [-0.3, -0.25) is 14.6 Å². The van der Waals surface area contributed by atoms with E-state index in [1.807, 2.05) is 18.2 Å². The zero-order valence-electron chi connectivity index (χ0n) is 12.7. The predicted molar refractivity (Wildman–Crippen MR) is 81.7 cm³/mol. The number of ether oxygens (including phenoxy) is 1. The average molecular weight is 303 g/mol. The molecule has 0 aliphatic carbocycles. The van der Waals surface area contributed by atoms with Gasteiger partial charge in [0, 0.05) is 24.7 Å². The van der Waals surface area contributed by atoms with Crippen molar-refractivity contribution < 1.29 is 14.3 Å². The molecule has 1 atom stereocenters. The average Bonchev–Trinajstić information content (AvgIpc) is 3.16. The molecule has 1 aromatic rings. The highest BCUT2D eigenvalue weighted by Gasteiger charge is 2.33. The van der Waals surface area contributed by atoms with Crippen molar-refractivity contribution in [2.75, 3.05) is 33.3 Å². The van der Waals surface area contributed by atoms with Crippen LogP contribution in [0.15, 0.2) is 24.3 Å². The number of imide groups is 1. The van der Waals surface area contributed by atoms with Crippen LogP contribution < -0.4 is 10.1 Å². The molecule has 2 fully saturated rings. The topological polar surface area (TPSA) is 61.9 Å². The fourth-order valence-corrected chi connectivity index (χ4v) is 3.28. The van der Waals surface area contributed by atoms with Gasteiger partial charge in [0.1, 0.15) is 5.75 Å². The lowest BCUT2D eigenvalue weighted by molar-refractivity contribution is -0.129. The van der Waals surface area contributed by atoms with E-state index in [4.69, 9.17) is 4.74 Å². The number of hydrogen-bond acceptors (Lipinski definition) is 4. The first-order chi connectivity index (χ1) is 10.7. The number of para-hydroxylation sites is 1. The number of carbonyl (C=O) groups excluding carboxylic acids is 2. The molecule has 2 aliphatic heterocycles. The predicted octanol–water partition coefficient (Wildman–Crippen LogP) is 1.38. The number of benzene rings is 1. The monoisotopic (exact) mass is 303 g/mol. The molecular weight excluding hydrogens is 282 g/mol. The maximum absolute atomic E-state index is 12.3. The molecule has 3 rings (SSSR count). The van der Waals surface area contributed by atoms with Crippen LogP contribution in [0, 0.1) is 0 Å². The minimum atomic E-state index is -0.280. The molecule has 0 bridgehead atoms. The van der Waals surface area contributed by atoms with Crippen molar-refractivity contribution in [2.45, 2.75) is 18.9 Å². The SMILES string of the molecule is COc1ccccc1C1CCCN1CC(=O)N1CCNC1=O. The zero-order chi connectivity index (χ0) is 15.5. The standard InChI is InChI=1S/C16H21N3O3/c1-22-14-7-3-2-5-12(14)13-6-4-9-18(13)11-15(20)19-10-8-17-16(19)21/h2-3,5,7,13H,4,6,8-11H2,1H3,(H,17,21). The summed E-state index contributed by atoms with van der Waals surface area (Å²) in [4.78, 5) is 27.4. The Kier molecular flexibility index (Phi) is 4.29. The Morgan fingerprint density at radius 1 is 1.36 bits per heavy atom. The number of carbonyl (C=O) groups is 2. The van der Waals surface area contributed by atoms with Crippen LogP contribution in [0.4, 0.5) is 4.79 Å². The summed E-state index contributed by atoms with van der Waals surface area (Å²) in [5, 5.41) is 2.66. The number of nitrogens with zero attached hydrogens (tertiary/aromatic N) is 2. The molecule has 118 valence electrons. The third-order valence-electron chi connectivity index (χ3n) is 4.36. The van der Waals surface area contributed by atoms with E-state index in [9.17, 15) is 9.59 Å². The van der Waals surface area contributed by atoms with E-state index in [2.05, 4.69) is 16.3 Å². The van der Waals surface area contributed by atoms with E-state index in [0.29, 0.717) is 13.1 Å². The van der Waals surface area contributed by atoms with Crippen molar-refractivity contribution in [2.24, 2.45) is 0 Å². The summed E-state index contributed by atoms with van der Waals surface area (Å²) < 4.78 is 5.44. The van der Waals surface area contributed by atoms with Crippen LogP contribution in [-0.2, 0) is 4.79 Å². The normalized spacial score (nSPS) is 22.0. The Morgan fingerprint density at radius 2 is 2.18 bits per heavy atom. The Labute approximate surface area is 130 Å². The second-order valence-corrected chi connectivity index (χ2v) is 5.65. The van der Waals surface area contributed by atoms with Crippen molar-refractivity contribution in [3.05, 3.63) is 29.8 Å². The molecule has 1 N–H and O–H groups in total. The van der Waals surface area contributed by atoms with Crippen molar-refractivity contribution in [3.63, 3.8) is 0 Å². The summed E-state index contributed by atoms with van der Waals surface area (Å²) in [6.45, 7) is 2.14. The quantitative estimate of drug-likeness (QED) is 0.913. The van der Waals surface area contributed by atoms with Gasteiger partial charge in [-0.2, -0.15) is 0 Å². The van der Waals surface area contributed by atoms with Crippen molar-refractivity contribution in [1.82, 2.24) is 15.1 Å². The van der Waals surface area contributed by atoms with E-state index >= 15 is 0 Å².